The van der Waals surface area contributed by atoms with Gasteiger partial charge in [-0.05, 0) is 36.4 Å². The predicted octanol–water partition coefficient (Wildman–Crippen LogP) is 5.09. The summed E-state index contributed by atoms with van der Waals surface area (Å²) in [6.45, 7) is 0. The van der Waals surface area contributed by atoms with Crippen molar-refractivity contribution in [2.75, 3.05) is 25.3 Å². The molecule has 0 saturated carbocycles. The van der Waals surface area contributed by atoms with E-state index < -0.39 is 0 Å². The van der Waals surface area contributed by atoms with Crippen LogP contribution in [-0.4, -0.2) is 30.9 Å². The first-order valence-electron chi connectivity index (χ1n) is 7.80. The summed E-state index contributed by atoms with van der Waals surface area (Å²) in [4.78, 5) is 17.7. The van der Waals surface area contributed by atoms with Crippen LogP contribution in [-0.2, 0) is 4.79 Å². The Labute approximate surface area is 164 Å². The third kappa shape index (κ3) is 4.41. The number of hydrogen-bond acceptors (Lipinski definition) is 6. The van der Waals surface area contributed by atoms with Crippen molar-refractivity contribution in [1.82, 2.24) is 4.98 Å². The van der Waals surface area contributed by atoms with Gasteiger partial charge in [0.15, 0.2) is 5.13 Å². The van der Waals surface area contributed by atoms with E-state index in [1.54, 1.807) is 38.1 Å². The summed E-state index contributed by atoms with van der Waals surface area (Å²) < 4.78 is 11.2. The Hall–Kier alpha value is -1.96. The van der Waals surface area contributed by atoms with Crippen LogP contribution in [0.4, 0.5) is 5.13 Å². The molecule has 5 nitrogen and oxygen atoms in total. The van der Waals surface area contributed by atoms with Gasteiger partial charge in [-0.1, -0.05) is 22.9 Å². The highest BCUT2D eigenvalue weighted by atomic mass is 35.5. The van der Waals surface area contributed by atoms with Crippen LogP contribution in [0.1, 0.15) is 6.42 Å². The van der Waals surface area contributed by atoms with Crippen LogP contribution in [0, 0.1) is 0 Å². The molecule has 136 valence electrons. The second-order valence-electron chi connectivity index (χ2n) is 5.27. The highest BCUT2D eigenvalue weighted by Gasteiger charge is 2.13. The van der Waals surface area contributed by atoms with Crippen LogP contribution in [0.2, 0.25) is 5.02 Å². The van der Waals surface area contributed by atoms with Crippen LogP contribution in [0.25, 0.3) is 10.2 Å². The molecule has 3 aromatic rings. The second kappa shape index (κ2) is 8.62. The number of carbonyl (C=O) groups excluding carboxylic acids is 1. The van der Waals surface area contributed by atoms with Gasteiger partial charge >= 0.3 is 0 Å². The van der Waals surface area contributed by atoms with E-state index in [0.29, 0.717) is 33.6 Å². The molecule has 26 heavy (non-hydrogen) atoms. The van der Waals surface area contributed by atoms with Crippen molar-refractivity contribution in [1.29, 1.82) is 0 Å². The predicted molar refractivity (Wildman–Crippen MR) is 108 cm³/mol. The molecule has 0 spiro atoms. The van der Waals surface area contributed by atoms with Crippen molar-refractivity contribution in [3.05, 3.63) is 41.4 Å². The van der Waals surface area contributed by atoms with Gasteiger partial charge in [-0.3, -0.25) is 4.79 Å². The molecule has 1 amide bonds. The number of rotatable bonds is 7. The molecule has 0 radical (unpaired) electrons. The zero-order valence-corrected chi connectivity index (χ0v) is 16.6. The van der Waals surface area contributed by atoms with Gasteiger partial charge in [0.25, 0.3) is 0 Å². The molecule has 0 aliphatic rings. The SMILES string of the molecule is COc1ccc(SCCC(=O)Nc2nc3c(OC)ccc(Cl)c3s2)cc1. The highest BCUT2D eigenvalue weighted by molar-refractivity contribution is 7.99. The van der Waals surface area contributed by atoms with Crippen molar-refractivity contribution >= 4 is 56.0 Å². The van der Waals surface area contributed by atoms with Crippen LogP contribution >= 0.6 is 34.7 Å². The van der Waals surface area contributed by atoms with E-state index in [0.717, 1.165) is 15.3 Å². The van der Waals surface area contributed by atoms with Crippen molar-refractivity contribution in [3.63, 3.8) is 0 Å². The molecular formula is C18H17ClN2O3S2. The minimum absolute atomic E-state index is 0.0832. The third-order valence-corrected chi connectivity index (χ3v) is 6.03. The lowest BCUT2D eigenvalue weighted by Crippen LogP contribution is -2.11. The Morgan fingerprint density at radius 3 is 2.65 bits per heavy atom. The number of nitrogens with zero attached hydrogens (tertiary/aromatic N) is 1. The monoisotopic (exact) mass is 408 g/mol. The van der Waals surface area contributed by atoms with Gasteiger partial charge in [-0.25, -0.2) is 4.98 Å². The van der Waals surface area contributed by atoms with E-state index in [-0.39, 0.29) is 5.91 Å². The van der Waals surface area contributed by atoms with Gasteiger partial charge in [0.1, 0.15) is 17.0 Å². The number of benzene rings is 2. The summed E-state index contributed by atoms with van der Waals surface area (Å²) >= 11 is 9.16. The number of ether oxygens (including phenoxy) is 2. The number of halogens is 1. The molecule has 0 aliphatic heterocycles. The molecule has 1 aromatic heterocycles. The Morgan fingerprint density at radius 1 is 1.19 bits per heavy atom. The highest BCUT2D eigenvalue weighted by Crippen LogP contribution is 2.37. The van der Waals surface area contributed by atoms with E-state index in [2.05, 4.69) is 10.3 Å². The molecule has 8 heteroatoms. The van der Waals surface area contributed by atoms with Gasteiger partial charge in [0.2, 0.25) is 5.91 Å². The maximum Gasteiger partial charge on any atom is 0.226 e. The number of anilines is 1. The summed E-state index contributed by atoms with van der Waals surface area (Å²) in [6, 6.07) is 11.3. The number of thiazole rings is 1. The van der Waals surface area contributed by atoms with Gasteiger partial charge in [0, 0.05) is 17.1 Å². The summed E-state index contributed by atoms with van der Waals surface area (Å²) in [5, 5.41) is 3.95. The van der Waals surface area contributed by atoms with Crippen molar-refractivity contribution in [2.45, 2.75) is 11.3 Å². The van der Waals surface area contributed by atoms with E-state index in [4.69, 9.17) is 21.1 Å². The maximum absolute atomic E-state index is 12.2. The molecule has 0 saturated heterocycles. The Bertz CT molecular complexity index is 913. The molecule has 0 fully saturated rings. The zero-order valence-electron chi connectivity index (χ0n) is 14.2. The smallest absolute Gasteiger partial charge is 0.226 e. The molecule has 2 aromatic carbocycles. The van der Waals surface area contributed by atoms with Gasteiger partial charge in [-0.15, -0.1) is 11.8 Å². The Kier molecular flexibility index (Phi) is 6.24. The van der Waals surface area contributed by atoms with Crippen LogP contribution in [0.15, 0.2) is 41.3 Å². The number of carbonyl (C=O) groups is 1. The fraction of sp³-hybridized carbons (Fsp3) is 0.222. The fourth-order valence-corrected chi connectivity index (χ4v) is 4.31. The number of aromatic nitrogens is 1. The topological polar surface area (TPSA) is 60.5 Å². The summed E-state index contributed by atoms with van der Waals surface area (Å²) in [6.07, 6.45) is 0.386. The summed E-state index contributed by atoms with van der Waals surface area (Å²) in [5.74, 6) is 2.04. The van der Waals surface area contributed by atoms with Crippen molar-refractivity contribution in [2.24, 2.45) is 0 Å². The average molecular weight is 409 g/mol. The number of hydrogen-bond donors (Lipinski definition) is 1. The second-order valence-corrected chi connectivity index (χ2v) is 7.84. The largest absolute Gasteiger partial charge is 0.497 e. The van der Waals surface area contributed by atoms with Crippen molar-refractivity contribution < 1.29 is 14.3 Å². The molecule has 3 rings (SSSR count). The lowest BCUT2D eigenvalue weighted by atomic mass is 10.3. The molecule has 0 unspecified atom stereocenters. The number of methoxy groups -OCH3 is 2. The number of nitrogens with one attached hydrogen (secondary N) is 1. The van der Waals surface area contributed by atoms with Gasteiger partial charge in [0.05, 0.1) is 23.9 Å². The molecule has 0 aliphatic carbocycles. The number of amides is 1. The molecule has 1 N–H and O–H groups in total. The lowest BCUT2D eigenvalue weighted by Gasteiger charge is -2.04. The summed E-state index contributed by atoms with van der Waals surface area (Å²) in [5.41, 5.74) is 0.660. The molecular weight excluding hydrogens is 392 g/mol. The van der Waals surface area contributed by atoms with Gasteiger partial charge < -0.3 is 14.8 Å². The quantitative estimate of drug-likeness (QED) is 0.552. The van der Waals surface area contributed by atoms with E-state index in [9.17, 15) is 4.79 Å². The minimum atomic E-state index is -0.0832. The van der Waals surface area contributed by atoms with Gasteiger partial charge in [-0.2, -0.15) is 0 Å². The van der Waals surface area contributed by atoms with E-state index in [1.807, 2.05) is 24.3 Å². The normalized spacial score (nSPS) is 10.7. The maximum atomic E-state index is 12.2. The summed E-state index contributed by atoms with van der Waals surface area (Å²) in [7, 11) is 3.22. The minimum Gasteiger partial charge on any atom is -0.497 e. The number of thioether (sulfide) groups is 1. The van der Waals surface area contributed by atoms with Crippen molar-refractivity contribution in [3.8, 4) is 11.5 Å². The average Bonchev–Trinajstić information content (AvgIpc) is 3.07. The number of fused-ring (bicyclic) bond motifs is 1. The molecule has 0 atom stereocenters. The zero-order chi connectivity index (χ0) is 18.5. The first-order chi connectivity index (χ1) is 12.6. The fourth-order valence-electron chi connectivity index (χ4n) is 2.29. The first kappa shape index (κ1) is 18.8. The van der Waals surface area contributed by atoms with Crippen LogP contribution < -0.4 is 14.8 Å². The van der Waals surface area contributed by atoms with E-state index >= 15 is 0 Å². The molecule has 1 heterocycles. The first-order valence-corrected chi connectivity index (χ1v) is 9.98. The third-order valence-electron chi connectivity index (χ3n) is 3.58. The Morgan fingerprint density at radius 2 is 1.96 bits per heavy atom. The standard InChI is InChI=1S/C18H17ClN2O3S2/c1-23-11-3-5-12(6-4-11)25-10-9-15(22)20-18-21-16-14(24-2)8-7-13(19)17(16)26-18/h3-8H,9-10H2,1-2H3,(H,20,21,22). The van der Waals surface area contributed by atoms with Crippen LogP contribution in [0.5, 0.6) is 11.5 Å². The molecule has 0 bridgehead atoms. The Balaban J connectivity index is 1.57. The lowest BCUT2D eigenvalue weighted by molar-refractivity contribution is -0.115. The van der Waals surface area contributed by atoms with E-state index in [1.165, 1.54) is 11.3 Å². The van der Waals surface area contributed by atoms with Crippen LogP contribution in [0.3, 0.4) is 0 Å².